The average molecular weight is 660 g/mol. The molecule has 10 nitrogen and oxygen atoms in total. The van der Waals surface area contributed by atoms with Crippen LogP contribution in [0.15, 0.2) is 60.7 Å². The summed E-state index contributed by atoms with van der Waals surface area (Å²) in [4.78, 5) is 26.0. The maximum absolute atomic E-state index is 12.5. The zero-order valence-corrected chi connectivity index (χ0v) is 28.5. The van der Waals surface area contributed by atoms with Crippen molar-refractivity contribution in [2.75, 3.05) is 39.2 Å². The van der Waals surface area contributed by atoms with Crippen LogP contribution in [-0.2, 0) is 38.6 Å². The topological polar surface area (TPSA) is 119 Å². The Morgan fingerprint density at radius 1 is 0.917 bits per heavy atom. The van der Waals surface area contributed by atoms with E-state index in [2.05, 4.69) is 34.6 Å². The third kappa shape index (κ3) is 9.14. The minimum absolute atomic E-state index is 0.00962. The highest BCUT2D eigenvalue weighted by atomic mass is 16.7. The lowest BCUT2D eigenvalue weighted by Gasteiger charge is -2.43. The van der Waals surface area contributed by atoms with Gasteiger partial charge in [-0.1, -0.05) is 49.7 Å². The number of anilines is 1. The van der Waals surface area contributed by atoms with Gasteiger partial charge in [-0.15, -0.1) is 0 Å². The number of ether oxygens (including phenoxy) is 4. The molecule has 3 N–H and O–H groups in total. The van der Waals surface area contributed by atoms with Crippen molar-refractivity contribution in [2.45, 2.75) is 77.6 Å². The number of amides is 2. The monoisotopic (exact) mass is 659 g/mol. The maximum Gasteiger partial charge on any atom is 0.224 e. The number of unbranched alkanes of at least 4 members (excludes halogenated alkanes) is 2. The molecule has 3 aromatic rings. The lowest BCUT2D eigenvalue weighted by Crippen LogP contribution is -2.45. The zero-order valence-electron chi connectivity index (χ0n) is 28.5. The number of hydrogen-bond donors (Lipinski definition) is 3. The van der Waals surface area contributed by atoms with E-state index in [9.17, 15) is 14.7 Å². The van der Waals surface area contributed by atoms with Gasteiger partial charge in [-0.25, -0.2) is 0 Å². The molecule has 2 aliphatic heterocycles. The molecule has 0 aromatic heterocycles. The molecule has 2 heterocycles. The molecule has 2 amide bonds. The number of fused-ring (bicyclic) bond motifs is 1. The number of nitrogens with one attached hydrogen (secondary N) is 2. The van der Waals surface area contributed by atoms with Crippen LogP contribution in [0.4, 0.5) is 5.69 Å². The van der Waals surface area contributed by atoms with E-state index in [4.69, 9.17) is 18.9 Å². The van der Waals surface area contributed by atoms with Gasteiger partial charge in [0.25, 0.3) is 0 Å². The van der Waals surface area contributed by atoms with Gasteiger partial charge in [0, 0.05) is 56.7 Å². The first kappa shape index (κ1) is 35.3. The molecule has 10 heteroatoms. The van der Waals surface area contributed by atoms with Crippen molar-refractivity contribution in [1.82, 2.24) is 10.2 Å². The molecule has 0 aliphatic carbocycles. The minimum atomic E-state index is -0.594. The number of carbonyl (C=O) groups is 2. The first-order chi connectivity index (χ1) is 23.3. The van der Waals surface area contributed by atoms with Crippen molar-refractivity contribution < 1.29 is 33.6 Å². The second-order valence-corrected chi connectivity index (χ2v) is 12.7. The van der Waals surface area contributed by atoms with E-state index in [1.165, 1.54) is 18.1 Å². The average Bonchev–Trinajstić information content (AvgIpc) is 3.10. The molecular weight excluding hydrogens is 610 g/mol. The van der Waals surface area contributed by atoms with Crippen LogP contribution in [-0.4, -0.2) is 61.8 Å². The Bertz CT molecular complexity index is 1510. The van der Waals surface area contributed by atoms with Gasteiger partial charge in [0.2, 0.25) is 11.8 Å². The van der Waals surface area contributed by atoms with Crippen LogP contribution < -0.4 is 20.1 Å². The zero-order chi connectivity index (χ0) is 34.0. The summed E-state index contributed by atoms with van der Waals surface area (Å²) in [6, 6.07) is 19.8. The normalized spacial score (nSPS) is 20.9. The largest absolute Gasteiger partial charge is 0.493 e. The van der Waals surface area contributed by atoms with Crippen LogP contribution in [0, 0.1) is 5.92 Å². The Balaban J connectivity index is 1.26. The Kier molecular flexibility index (Phi) is 12.5. The highest BCUT2D eigenvalue weighted by Crippen LogP contribution is 2.42. The van der Waals surface area contributed by atoms with Gasteiger partial charge in [0.05, 0.1) is 33.0 Å². The third-order valence-corrected chi connectivity index (χ3v) is 9.28. The number of aliphatic hydroxyl groups excluding tert-OH is 1. The molecule has 4 atom stereocenters. The number of hydrogen-bond acceptors (Lipinski definition) is 8. The summed E-state index contributed by atoms with van der Waals surface area (Å²) in [5.74, 6) is 1.48. The summed E-state index contributed by atoms with van der Waals surface area (Å²) in [6.07, 6.45) is 2.90. The predicted octanol–water partition coefficient (Wildman–Crippen LogP) is 5.68. The van der Waals surface area contributed by atoms with Gasteiger partial charge < -0.3 is 34.7 Å². The van der Waals surface area contributed by atoms with Crippen molar-refractivity contribution in [2.24, 2.45) is 5.92 Å². The van der Waals surface area contributed by atoms with Crippen molar-refractivity contribution in [1.29, 1.82) is 0 Å². The first-order valence-electron chi connectivity index (χ1n) is 16.9. The van der Waals surface area contributed by atoms with Gasteiger partial charge in [-0.2, -0.15) is 0 Å². The third-order valence-electron chi connectivity index (χ3n) is 9.28. The van der Waals surface area contributed by atoms with Crippen molar-refractivity contribution in [3.05, 3.63) is 88.5 Å². The quantitative estimate of drug-likeness (QED) is 0.189. The molecular formula is C38H49N3O7. The predicted molar refractivity (Wildman–Crippen MR) is 184 cm³/mol. The number of benzene rings is 3. The van der Waals surface area contributed by atoms with Crippen LogP contribution in [0.3, 0.4) is 0 Å². The highest BCUT2D eigenvalue weighted by molar-refractivity contribution is 5.90. The van der Waals surface area contributed by atoms with Crippen molar-refractivity contribution in [3.8, 4) is 11.5 Å². The molecule has 0 radical (unpaired) electrons. The van der Waals surface area contributed by atoms with E-state index in [0.717, 1.165) is 79.2 Å². The van der Waals surface area contributed by atoms with Gasteiger partial charge in [-0.05, 0) is 65.8 Å². The maximum atomic E-state index is 12.5. The Hall–Kier alpha value is -3.96. The summed E-state index contributed by atoms with van der Waals surface area (Å²) in [7, 11) is 3.33. The number of methoxy groups -OCH3 is 2. The second kappa shape index (κ2) is 16.9. The van der Waals surface area contributed by atoms with Gasteiger partial charge in [0.15, 0.2) is 17.8 Å². The fraction of sp³-hybridized carbons (Fsp3) is 0.474. The summed E-state index contributed by atoms with van der Waals surface area (Å²) >= 11 is 0. The Morgan fingerprint density at radius 2 is 1.60 bits per heavy atom. The fourth-order valence-electron chi connectivity index (χ4n) is 6.48. The molecule has 2 aliphatic rings. The molecule has 0 unspecified atom stereocenters. The summed E-state index contributed by atoms with van der Waals surface area (Å²) in [5, 5.41) is 15.4. The molecule has 3 aromatic carbocycles. The summed E-state index contributed by atoms with van der Waals surface area (Å²) in [6.45, 7) is 6.73. The minimum Gasteiger partial charge on any atom is -0.493 e. The molecule has 1 fully saturated rings. The number of carbonyl (C=O) groups excluding carboxylic acids is 2. The van der Waals surface area contributed by atoms with E-state index < -0.39 is 6.29 Å². The van der Waals surface area contributed by atoms with Crippen LogP contribution in [0.5, 0.6) is 11.5 Å². The highest BCUT2D eigenvalue weighted by Gasteiger charge is 2.39. The van der Waals surface area contributed by atoms with Gasteiger partial charge in [-0.3, -0.25) is 14.5 Å². The molecule has 5 rings (SSSR count). The SMILES string of the molecule is COc1cc2c(cc1OC)CN(C[C@H]1O[C@@H](c3ccc(NC(=O)CCCCCNC(C)=O)cc3)O[C@@H](c3ccc(CO)cc3)[C@H]1C)CC2. The van der Waals surface area contributed by atoms with Crippen LogP contribution in [0.1, 0.15) is 79.7 Å². The van der Waals surface area contributed by atoms with E-state index in [-0.39, 0.29) is 36.5 Å². The Morgan fingerprint density at radius 3 is 2.27 bits per heavy atom. The van der Waals surface area contributed by atoms with E-state index in [1.807, 2.05) is 48.5 Å². The van der Waals surface area contributed by atoms with E-state index in [0.29, 0.717) is 13.0 Å². The van der Waals surface area contributed by atoms with Crippen molar-refractivity contribution >= 4 is 17.5 Å². The lowest BCUT2D eigenvalue weighted by atomic mass is 9.89. The summed E-state index contributed by atoms with van der Waals surface area (Å²) in [5.41, 5.74) is 6.00. The number of aliphatic hydroxyl groups is 1. The van der Waals surface area contributed by atoms with Crippen molar-refractivity contribution in [3.63, 3.8) is 0 Å². The molecule has 48 heavy (non-hydrogen) atoms. The lowest BCUT2D eigenvalue weighted by molar-refractivity contribution is -0.276. The fourth-order valence-corrected chi connectivity index (χ4v) is 6.48. The van der Waals surface area contributed by atoms with Gasteiger partial charge >= 0.3 is 0 Å². The molecule has 0 bridgehead atoms. The van der Waals surface area contributed by atoms with Crippen LogP contribution in [0.2, 0.25) is 0 Å². The summed E-state index contributed by atoms with van der Waals surface area (Å²) < 4.78 is 24.5. The van der Waals surface area contributed by atoms with Crippen LogP contribution >= 0.6 is 0 Å². The van der Waals surface area contributed by atoms with Crippen LogP contribution in [0.25, 0.3) is 0 Å². The molecule has 1 saturated heterocycles. The molecule has 0 saturated carbocycles. The Labute approximate surface area is 283 Å². The molecule has 0 spiro atoms. The van der Waals surface area contributed by atoms with E-state index >= 15 is 0 Å². The van der Waals surface area contributed by atoms with Gasteiger partial charge in [0.1, 0.15) is 0 Å². The van der Waals surface area contributed by atoms with E-state index in [1.54, 1.807) is 14.2 Å². The second-order valence-electron chi connectivity index (χ2n) is 12.7. The smallest absolute Gasteiger partial charge is 0.224 e. The number of rotatable bonds is 14. The molecule has 258 valence electrons. The standard InChI is InChI=1S/C38H49N3O7/c1-25-35(23-41-19-17-30-20-33(45-3)34(46-4)21-31(30)22-41)47-38(48-37(25)28-11-9-27(24-42)10-12-28)29-13-15-32(16-14-29)40-36(44)8-6-5-7-18-39-26(2)43/h9-16,20-21,25,35,37-38,42H,5-8,17-19,22-24H2,1-4H3,(H,39,43)(H,40,44)/t25-,35+,37+,38+/m0/s1. The first-order valence-corrected chi connectivity index (χ1v) is 16.9. The number of nitrogens with zero attached hydrogens (tertiary/aromatic N) is 1.